The summed E-state index contributed by atoms with van der Waals surface area (Å²) in [5.41, 5.74) is -4.94. The summed E-state index contributed by atoms with van der Waals surface area (Å²) in [6.07, 6.45) is -0.238. The first kappa shape index (κ1) is 15.5. The third-order valence-electron chi connectivity index (χ3n) is 2.20. The number of alkyl halides is 2. The number of carbonyl (C=O) groups is 1. The molecule has 0 saturated heterocycles. The summed E-state index contributed by atoms with van der Waals surface area (Å²) in [5.74, 6) is -1.27. The molecule has 0 bridgehead atoms. The summed E-state index contributed by atoms with van der Waals surface area (Å²) in [4.78, 5) is 22.6. The van der Waals surface area contributed by atoms with Crippen LogP contribution < -0.4 is 4.52 Å². The van der Waals surface area contributed by atoms with E-state index in [0.717, 1.165) is 6.20 Å². The van der Waals surface area contributed by atoms with Gasteiger partial charge in [0.2, 0.25) is 6.29 Å². The van der Waals surface area contributed by atoms with E-state index in [1.54, 1.807) is 0 Å². The predicted molar refractivity (Wildman–Crippen MR) is 58.0 cm³/mol. The highest BCUT2D eigenvalue weighted by Gasteiger charge is 2.53. The number of nitrogens with zero attached hydrogens (tertiary/aromatic N) is 1. The van der Waals surface area contributed by atoms with Crippen LogP contribution in [0.15, 0.2) is 6.20 Å². The molecule has 1 aromatic rings. The fourth-order valence-electron chi connectivity index (χ4n) is 1.12. The first-order valence-corrected chi connectivity index (χ1v) is 6.39. The van der Waals surface area contributed by atoms with Gasteiger partial charge in [0, 0.05) is 0 Å². The number of hydrogen-bond acceptors (Lipinski definition) is 6. The van der Waals surface area contributed by atoms with Crippen LogP contribution in [0.2, 0.25) is 0 Å². The molecular weight excluding hydrogens is 287 g/mol. The van der Waals surface area contributed by atoms with Crippen LogP contribution in [0.3, 0.4) is 0 Å². The van der Waals surface area contributed by atoms with Gasteiger partial charge >= 0.3 is 13.3 Å². The summed E-state index contributed by atoms with van der Waals surface area (Å²) < 4.78 is 41.2. The minimum atomic E-state index is -5.66. The second-order valence-electron chi connectivity index (χ2n) is 3.51. The molecule has 0 amide bonds. The van der Waals surface area contributed by atoms with Crippen molar-refractivity contribution in [1.82, 2.24) is 4.98 Å². The SMILES string of the molecule is Cc1ncc(OP(=O)(O)C(F)(F)C=O)c(CO)c1O. The maximum atomic E-state index is 12.9. The Bertz CT molecular complexity index is 550. The molecule has 0 aliphatic carbocycles. The Balaban J connectivity index is 3.24. The molecule has 0 radical (unpaired) electrons. The van der Waals surface area contributed by atoms with E-state index in [0.29, 0.717) is 0 Å². The maximum absolute atomic E-state index is 12.9. The van der Waals surface area contributed by atoms with Crippen LogP contribution in [0.5, 0.6) is 11.5 Å². The topological polar surface area (TPSA) is 117 Å². The van der Waals surface area contributed by atoms with Gasteiger partial charge in [0.1, 0.15) is 5.75 Å². The molecule has 10 heteroatoms. The Morgan fingerprint density at radius 3 is 2.63 bits per heavy atom. The quantitative estimate of drug-likeness (QED) is 0.547. The van der Waals surface area contributed by atoms with E-state index in [9.17, 15) is 23.2 Å². The van der Waals surface area contributed by atoms with Gasteiger partial charge in [-0.05, 0) is 6.92 Å². The Labute approximate surface area is 106 Å². The summed E-state index contributed by atoms with van der Waals surface area (Å²) >= 11 is 0. The third kappa shape index (κ3) is 2.89. The Morgan fingerprint density at radius 1 is 1.58 bits per heavy atom. The van der Waals surface area contributed by atoms with Crippen molar-refractivity contribution < 1.29 is 37.8 Å². The zero-order valence-electron chi connectivity index (χ0n) is 9.58. The molecule has 0 aromatic carbocycles. The second-order valence-corrected chi connectivity index (χ2v) is 5.33. The number of aldehydes is 1. The van der Waals surface area contributed by atoms with Crippen molar-refractivity contribution in [1.29, 1.82) is 0 Å². The number of aryl methyl sites for hydroxylation is 1. The number of rotatable bonds is 5. The van der Waals surface area contributed by atoms with Gasteiger partial charge in [0.25, 0.3) is 0 Å². The molecule has 0 aliphatic rings. The van der Waals surface area contributed by atoms with Crippen molar-refractivity contribution in [3.05, 3.63) is 17.5 Å². The normalized spacial score (nSPS) is 14.8. The molecule has 0 aliphatic heterocycles. The number of aliphatic hydroxyl groups is 1. The van der Waals surface area contributed by atoms with Crippen LogP contribution in [0.1, 0.15) is 11.3 Å². The summed E-state index contributed by atoms with van der Waals surface area (Å²) in [6, 6.07) is 0. The maximum Gasteiger partial charge on any atom is 0.453 e. The molecule has 19 heavy (non-hydrogen) atoms. The Kier molecular flexibility index (Phi) is 4.24. The Morgan fingerprint density at radius 2 is 2.16 bits per heavy atom. The zero-order valence-corrected chi connectivity index (χ0v) is 10.5. The van der Waals surface area contributed by atoms with E-state index < -0.39 is 37.7 Å². The van der Waals surface area contributed by atoms with E-state index in [1.807, 2.05) is 0 Å². The van der Waals surface area contributed by atoms with E-state index in [-0.39, 0.29) is 11.3 Å². The average molecular weight is 297 g/mol. The molecule has 1 unspecified atom stereocenters. The lowest BCUT2D eigenvalue weighted by atomic mass is 10.2. The van der Waals surface area contributed by atoms with Gasteiger partial charge in [0.15, 0.2) is 5.75 Å². The van der Waals surface area contributed by atoms with Crippen LogP contribution in [0.4, 0.5) is 8.78 Å². The number of aromatic nitrogens is 1. The lowest BCUT2D eigenvalue weighted by Gasteiger charge is -2.19. The minimum Gasteiger partial charge on any atom is -0.506 e. The number of aliphatic hydroxyl groups excluding tert-OH is 1. The predicted octanol–water partition coefficient (Wildman–Crippen LogP) is 0.944. The smallest absolute Gasteiger partial charge is 0.453 e. The van der Waals surface area contributed by atoms with Gasteiger partial charge in [-0.15, -0.1) is 0 Å². The molecule has 0 saturated carbocycles. The molecule has 7 nitrogen and oxygen atoms in total. The lowest BCUT2D eigenvalue weighted by molar-refractivity contribution is -0.121. The van der Waals surface area contributed by atoms with Crippen molar-refractivity contribution in [2.75, 3.05) is 0 Å². The van der Waals surface area contributed by atoms with E-state index in [2.05, 4.69) is 9.51 Å². The third-order valence-corrected chi connectivity index (χ3v) is 3.50. The molecule has 1 aromatic heterocycles. The van der Waals surface area contributed by atoms with Crippen LogP contribution in [0.25, 0.3) is 0 Å². The second kappa shape index (κ2) is 5.20. The summed E-state index contributed by atoms with van der Waals surface area (Å²) in [7, 11) is -5.66. The van der Waals surface area contributed by atoms with E-state index in [4.69, 9.17) is 10.00 Å². The van der Waals surface area contributed by atoms with E-state index >= 15 is 0 Å². The highest BCUT2D eigenvalue weighted by Crippen LogP contribution is 2.56. The standard InChI is InChI=1S/C9H10F2NO6P/c1-5-8(15)6(3-13)7(2-12-5)18-19(16,17)9(10,11)4-14/h2,4,13,15H,3H2,1H3,(H,16,17). The van der Waals surface area contributed by atoms with E-state index in [1.165, 1.54) is 6.92 Å². The number of aromatic hydroxyl groups is 1. The average Bonchev–Trinajstić information content (AvgIpc) is 2.34. The molecule has 3 N–H and O–H groups in total. The largest absolute Gasteiger partial charge is 0.506 e. The molecule has 0 fully saturated rings. The van der Waals surface area contributed by atoms with Crippen molar-refractivity contribution in [2.45, 2.75) is 19.2 Å². The van der Waals surface area contributed by atoms with Crippen LogP contribution in [-0.4, -0.2) is 32.0 Å². The zero-order chi connectivity index (χ0) is 14.8. The number of hydrogen-bond donors (Lipinski definition) is 3. The highest BCUT2D eigenvalue weighted by atomic mass is 31.2. The monoisotopic (exact) mass is 297 g/mol. The number of carbonyl (C=O) groups excluding carboxylic acids is 1. The summed E-state index contributed by atoms with van der Waals surface area (Å²) in [6.45, 7) is 0.522. The molecular formula is C9H10F2NO6P. The molecule has 1 heterocycles. The van der Waals surface area contributed by atoms with Gasteiger partial charge in [0.05, 0.1) is 24.1 Å². The van der Waals surface area contributed by atoms with Gasteiger partial charge in [-0.1, -0.05) is 0 Å². The fraction of sp³-hybridized carbons (Fsp3) is 0.333. The van der Waals surface area contributed by atoms with Crippen molar-refractivity contribution in [3.63, 3.8) is 0 Å². The number of halogens is 2. The van der Waals surface area contributed by atoms with Gasteiger partial charge in [-0.3, -0.25) is 9.78 Å². The molecule has 1 atom stereocenters. The first-order chi connectivity index (χ1) is 8.66. The fourth-order valence-corrected chi connectivity index (χ4v) is 1.80. The summed E-state index contributed by atoms with van der Waals surface area (Å²) in [5, 5.41) is 18.5. The number of pyridine rings is 1. The van der Waals surface area contributed by atoms with Crippen molar-refractivity contribution in [3.8, 4) is 11.5 Å². The van der Waals surface area contributed by atoms with Crippen molar-refractivity contribution >= 4 is 13.9 Å². The van der Waals surface area contributed by atoms with Crippen LogP contribution in [-0.2, 0) is 16.0 Å². The highest BCUT2D eigenvalue weighted by molar-refractivity contribution is 7.55. The lowest BCUT2D eigenvalue weighted by Crippen LogP contribution is -2.21. The minimum absolute atomic E-state index is 0.0614. The molecule has 1 rings (SSSR count). The van der Waals surface area contributed by atoms with Gasteiger partial charge in [-0.2, -0.15) is 8.78 Å². The van der Waals surface area contributed by atoms with Gasteiger partial charge in [-0.25, -0.2) is 4.57 Å². The van der Waals surface area contributed by atoms with Crippen molar-refractivity contribution in [2.24, 2.45) is 0 Å². The molecule has 106 valence electrons. The van der Waals surface area contributed by atoms with Gasteiger partial charge < -0.3 is 19.6 Å². The Hall–Kier alpha value is -1.57. The first-order valence-electron chi connectivity index (χ1n) is 4.81. The van der Waals surface area contributed by atoms with Crippen LogP contribution in [0, 0.1) is 6.92 Å². The van der Waals surface area contributed by atoms with Crippen LogP contribution >= 0.6 is 7.60 Å². The molecule has 0 spiro atoms.